The second kappa shape index (κ2) is 9.23. The molecule has 162 valence electrons. The second-order valence-corrected chi connectivity index (χ2v) is 10.2. The Morgan fingerprint density at radius 2 is 1.65 bits per heavy atom. The monoisotopic (exact) mass is 458 g/mol. The van der Waals surface area contributed by atoms with Crippen LogP contribution in [0.25, 0.3) is 0 Å². The van der Waals surface area contributed by atoms with E-state index in [4.69, 9.17) is 4.74 Å². The van der Waals surface area contributed by atoms with Crippen LogP contribution in [0.4, 0.5) is 5.13 Å². The molecule has 1 fully saturated rings. The van der Waals surface area contributed by atoms with Crippen LogP contribution in [0.5, 0.6) is 0 Å². The number of nitrogens with zero attached hydrogens (tertiary/aromatic N) is 2. The van der Waals surface area contributed by atoms with E-state index >= 15 is 0 Å². The number of amides is 1. The van der Waals surface area contributed by atoms with Gasteiger partial charge in [0.15, 0.2) is 0 Å². The SMILES string of the molecule is O=C(Nc1nnc(S(=O)(=O)NCC2(c3ccccc3)CCOCC2)s1)c1ccccc1. The van der Waals surface area contributed by atoms with Gasteiger partial charge in [0.05, 0.1) is 0 Å². The summed E-state index contributed by atoms with van der Waals surface area (Å²) in [7, 11) is -3.88. The summed E-state index contributed by atoms with van der Waals surface area (Å²) in [6.45, 7) is 1.38. The lowest BCUT2D eigenvalue weighted by atomic mass is 9.74. The van der Waals surface area contributed by atoms with Crippen molar-refractivity contribution < 1.29 is 17.9 Å². The number of sulfonamides is 1. The Morgan fingerprint density at radius 3 is 2.32 bits per heavy atom. The molecule has 0 saturated carbocycles. The zero-order chi connectivity index (χ0) is 21.7. The highest BCUT2D eigenvalue weighted by Gasteiger charge is 2.36. The number of benzene rings is 2. The zero-order valence-corrected chi connectivity index (χ0v) is 18.3. The van der Waals surface area contributed by atoms with Crippen LogP contribution in [0.15, 0.2) is 65.0 Å². The highest BCUT2D eigenvalue weighted by molar-refractivity contribution is 7.91. The summed E-state index contributed by atoms with van der Waals surface area (Å²) in [5, 5.41) is 10.3. The largest absolute Gasteiger partial charge is 0.381 e. The fourth-order valence-electron chi connectivity index (χ4n) is 3.54. The van der Waals surface area contributed by atoms with E-state index < -0.39 is 10.0 Å². The van der Waals surface area contributed by atoms with Crippen LogP contribution in [-0.2, 0) is 20.2 Å². The van der Waals surface area contributed by atoms with Crippen molar-refractivity contribution in [2.24, 2.45) is 0 Å². The third kappa shape index (κ3) is 4.99. The van der Waals surface area contributed by atoms with E-state index in [0.717, 1.165) is 16.9 Å². The van der Waals surface area contributed by atoms with Gasteiger partial charge in [-0.25, -0.2) is 13.1 Å². The molecule has 0 radical (unpaired) electrons. The van der Waals surface area contributed by atoms with E-state index in [1.165, 1.54) is 0 Å². The van der Waals surface area contributed by atoms with Gasteiger partial charge in [-0.1, -0.05) is 59.9 Å². The van der Waals surface area contributed by atoms with Gasteiger partial charge in [0.1, 0.15) is 0 Å². The number of nitrogens with one attached hydrogen (secondary N) is 2. The molecule has 1 aromatic heterocycles. The molecule has 1 amide bonds. The first-order valence-corrected chi connectivity index (χ1v) is 12.1. The summed E-state index contributed by atoms with van der Waals surface area (Å²) in [5.74, 6) is -0.376. The lowest BCUT2D eigenvalue weighted by Gasteiger charge is -2.37. The van der Waals surface area contributed by atoms with Gasteiger partial charge >= 0.3 is 0 Å². The minimum absolute atomic E-state index is 0.123. The lowest BCUT2D eigenvalue weighted by Crippen LogP contribution is -2.44. The predicted molar refractivity (Wildman–Crippen MR) is 118 cm³/mol. The Hall–Kier alpha value is -2.66. The van der Waals surface area contributed by atoms with Crippen molar-refractivity contribution in [2.75, 3.05) is 25.1 Å². The number of ether oxygens (including phenoxy) is 1. The third-order valence-electron chi connectivity index (χ3n) is 5.33. The van der Waals surface area contributed by atoms with Gasteiger partial charge < -0.3 is 4.74 Å². The van der Waals surface area contributed by atoms with Crippen LogP contribution in [0.3, 0.4) is 0 Å². The average Bonchev–Trinajstić information content (AvgIpc) is 3.29. The molecule has 0 bridgehead atoms. The molecule has 1 aliphatic heterocycles. The molecule has 2 aromatic carbocycles. The summed E-state index contributed by atoms with van der Waals surface area (Å²) in [5.41, 5.74) is 1.18. The van der Waals surface area contributed by atoms with Crippen LogP contribution in [0, 0.1) is 0 Å². The van der Waals surface area contributed by atoms with E-state index in [1.807, 2.05) is 30.3 Å². The quantitative estimate of drug-likeness (QED) is 0.527. The predicted octanol–water partition coefficient (Wildman–Crippen LogP) is 2.82. The van der Waals surface area contributed by atoms with Crippen LogP contribution in [0.2, 0.25) is 0 Å². The molecular formula is C21H22N4O4S2. The molecule has 1 aliphatic rings. The van der Waals surface area contributed by atoms with E-state index in [9.17, 15) is 13.2 Å². The molecule has 31 heavy (non-hydrogen) atoms. The molecule has 10 heteroatoms. The van der Waals surface area contributed by atoms with Gasteiger partial charge in [0.2, 0.25) is 9.47 Å². The Kier molecular flexibility index (Phi) is 6.42. The van der Waals surface area contributed by atoms with Gasteiger partial charge in [0.25, 0.3) is 15.9 Å². The Bertz CT molecular complexity index is 1130. The van der Waals surface area contributed by atoms with Crippen LogP contribution < -0.4 is 10.0 Å². The van der Waals surface area contributed by atoms with Crippen LogP contribution in [-0.4, -0.2) is 44.3 Å². The topological polar surface area (TPSA) is 110 Å². The van der Waals surface area contributed by atoms with Crippen molar-refractivity contribution in [3.8, 4) is 0 Å². The lowest BCUT2D eigenvalue weighted by molar-refractivity contribution is 0.0517. The van der Waals surface area contributed by atoms with Crippen molar-refractivity contribution in [2.45, 2.75) is 22.6 Å². The van der Waals surface area contributed by atoms with E-state index in [2.05, 4.69) is 20.2 Å². The van der Waals surface area contributed by atoms with Crippen molar-refractivity contribution in [1.82, 2.24) is 14.9 Å². The smallest absolute Gasteiger partial charge is 0.269 e. The van der Waals surface area contributed by atoms with Crippen LogP contribution in [0.1, 0.15) is 28.8 Å². The van der Waals surface area contributed by atoms with Gasteiger partial charge in [0, 0.05) is 30.7 Å². The maximum atomic E-state index is 12.9. The number of hydrogen-bond acceptors (Lipinski definition) is 7. The Balaban J connectivity index is 1.47. The number of hydrogen-bond donors (Lipinski definition) is 2. The molecule has 8 nitrogen and oxygen atoms in total. The minimum Gasteiger partial charge on any atom is -0.381 e. The number of anilines is 1. The van der Waals surface area contributed by atoms with Crippen LogP contribution >= 0.6 is 11.3 Å². The first kappa shape index (κ1) is 21.6. The normalized spacial score (nSPS) is 16.0. The van der Waals surface area contributed by atoms with Crippen molar-refractivity contribution in [3.05, 3.63) is 71.8 Å². The molecule has 0 atom stereocenters. The fourth-order valence-corrected chi connectivity index (χ4v) is 5.61. The van der Waals surface area contributed by atoms with E-state index in [-0.39, 0.29) is 27.3 Å². The summed E-state index contributed by atoms with van der Waals surface area (Å²) >= 11 is 0.815. The number of carbonyl (C=O) groups is 1. The molecule has 3 aromatic rings. The number of rotatable bonds is 7. The Labute approximate surface area is 184 Å². The van der Waals surface area contributed by atoms with Crippen molar-refractivity contribution >= 4 is 32.4 Å². The fraction of sp³-hybridized carbons (Fsp3) is 0.286. The highest BCUT2D eigenvalue weighted by atomic mass is 32.2. The maximum absolute atomic E-state index is 12.9. The third-order valence-corrected chi connectivity index (χ3v) is 7.94. The standard InChI is InChI=1S/C21H22N4O4S2/c26-18(16-7-3-1-4-8-16)23-19-24-25-20(30-19)31(27,28)22-15-21(11-13-29-14-12-21)17-9-5-2-6-10-17/h1-10,22H,11-15H2,(H,23,24,26). The summed E-state index contributed by atoms with van der Waals surface area (Å²) < 4.78 is 33.7. The summed E-state index contributed by atoms with van der Waals surface area (Å²) in [6.07, 6.45) is 1.43. The molecule has 4 rings (SSSR count). The number of aromatic nitrogens is 2. The zero-order valence-electron chi connectivity index (χ0n) is 16.7. The summed E-state index contributed by atoms with van der Waals surface area (Å²) in [4.78, 5) is 12.3. The molecular weight excluding hydrogens is 436 g/mol. The first-order chi connectivity index (χ1) is 15.0. The molecule has 2 N–H and O–H groups in total. The van der Waals surface area contributed by atoms with Crippen molar-refractivity contribution in [1.29, 1.82) is 0 Å². The van der Waals surface area contributed by atoms with Gasteiger partial charge in [-0.15, -0.1) is 10.2 Å². The molecule has 1 saturated heterocycles. The highest BCUT2D eigenvalue weighted by Crippen LogP contribution is 2.34. The second-order valence-electron chi connectivity index (χ2n) is 7.28. The summed E-state index contributed by atoms with van der Waals surface area (Å²) in [6, 6.07) is 18.5. The maximum Gasteiger partial charge on any atom is 0.269 e. The molecule has 0 spiro atoms. The Morgan fingerprint density at radius 1 is 1.00 bits per heavy atom. The van der Waals surface area contributed by atoms with Gasteiger partial charge in [-0.2, -0.15) is 0 Å². The molecule has 0 unspecified atom stereocenters. The van der Waals surface area contributed by atoms with E-state index in [1.54, 1.807) is 30.3 Å². The van der Waals surface area contributed by atoms with E-state index in [0.29, 0.717) is 31.6 Å². The molecule has 0 aliphatic carbocycles. The molecule has 2 heterocycles. The minimum atomic E-state index is -3.88. The number of carbonyl (C=O) groups excluding carboxylic acids is 1. The van der Waals surface area contributed by atoms with Gasteiger partial charge in [-0.3, -0.25) is 10.1 Å². The first-order valence-electron chi connectivity index (χ1n) is 9.81. The van der Waals surface area contributed by atoms with Crippen molar-refractivity contribution in [3.63, 3.8) is 0 Å². The van der Waals surface area contributed by atoms with Gasteiger partial charge in [-0.05, 0) is 30.5 Å². The average molecular weight is 459 g/mol.